The minimum atomic E-state index is -0.582. The first-order chi connectivity index (χ1) is 17.5. The number of amides is 2. The monoisotopic (exact) mass is 474 g/mol. The first-order valence-corrected chi connectivity index (χ1v) is 12.2. The van der Waals surface area contributed by atoms with Crippen molar-refractivity contribution in [3.8, 4) is 0 Å². The Labute approximate surface area is 205 Å². The second-order valence-electron chi connectivity index (χ2n) is 10.3. The highest BCUT2D eigenvalue weighted by Gasteiger charge is 2.51. The number of nitrogens with zero attached hydrogens (tertiary/aromatic N) is 3. The molecular formula is C28H22N6O2. The molecule has 3 aliphatic rings. The molecule has 36 heavy (non-hydrogen) atoms. The number of carbonyl (C=O) groups is 2. The van der Waals surface area contributed by atoms with E-state index in [2.05, 4.69) is 49.6 Å². The van der Waals surface area contributed by atoms with Crippen LogP contribution in [0.15, 0.2) is 48.8 Å². The summed E-state index contributed by atoms with van der Waals surface area (Å²) >= 11 is 0. The smallest absolute Gasteiger partial charge is 0.237 e. The molecule has 176 valence electrons. The number of rotatable bonds is 2. The summed E-state index contributed by atoms with van der Waals surface area (Å²) in [6, 6.07) is 12.4. The van der Waals surface area contributed by atoms with Crippen LogP contribution in [0.2, 0.25) is 0 Å². The molecule has 0 saturated heterocycles. The molecule has 8 heteroatoms. The minimum absolute atomic E-state index is 0.0255. The zero-order chi connectivity index (χ0) is 24.2. The average Bonchev–Trinajstić information content (AvgIpc) is 3.56. The van der Waals surface area contributed by atoms with E-state index in [1.165, 1.54) is 5.56 Å². The molecule has 3 aromatic heterocycles. The summed E-state index contributed by atoms with van der Waals surface area (Å²) < 4.78 is 2.18. The van der Waals surface area contributed by atoms with Crippen LogP contribution in [0.4, 0.5) is 11.5 Å². The predicted octanol–water partition coefficient (Wildman–Crippen LogP) is 3.75. The lowest BCUT2D eigenvalue weighted by Gasteiger charge is -2.20. The number of aryl methyl sites for hydroxylation is 1. The average molecular weight is 475 g/mol. The number of H-pyrrole nitrogens is 1. The number of hydrogen-bond acceptors (Lipinski definition) is 4. The Morgan fingerprint density at radius 2 is 1.92 bits per heavy atom. The zero-order valence-electron chi connectivity index (χ0n) is 19.6. The summed E-state index contributed by atoms with van der Waals surface area (Å²) in [5, 5.41) is 7.10. The molecular weight excluding hydrogens is 452 g/mol. The van der Waals surface area contributed by atoms with Gasteiger partial charge in [-0.2, -0.15) is 0 Å². The summed E-state index contributed by atoms with van der Waals surface area (Å²) in [6.45, 7) is 2.63. The Balaban J connectivity index is 1.16. The Morgan fingerprint density at radius 1 is 1.06 bits per heavy atom. The molecule has 1 aliphatic carbocycles. The van der Waals surface area contributed by atoms with Crippen LogP contribution in [0.25, 0.3) is 21.9 Å². The molecule has 0 bridgehead atoms. The van der Waals surface area contributed by atoms with Crippen molar-refractivity contribution in [3.63, 3.8) is 0 Å². The van der Waals surface area contributed by atoms with Crippen LogP contribution >= 0.6 is 0 Å². The van der Waals surface area contributed by atoms with Gasteiger partial charge < -0.3 is 20.2 Å². The fourth-order valence-corrected chi connectivity index (χ4v) is 6.45. The Kier molecular flexibility index (Phi) is 3.63. The number of nitrogens with one attached hydrogen (secondary N) is 3. The van der Waals surface area contributed by atoms with Crippen LogP contribution in [-0.4, -0.2) is 31.3 Å². The summed E-state index contributed by atoms with van der Waals surface area (Å²) in [5.74, 6) is 1.60. The number of aromatic nitrogens is 4. The lowest BCUT2D eigenvalue weighted by molar-refractivity contribution is -0.120. The summed E-state index contributed by atoms with van der Waals surface area (Å²) in [4.78, 5) is 38.0. The van der Waals surface area contributed by atoms with Gasteiger partial charge >= 0.3 is 0 Å². The number of aromatic amines is 1. The highest BCUT2D eigenvalue weighted by molar-refractivity contribution is 6.09. The standard InChI is InChI=1S/C28H22N6O2/c1-14-5-21-25-17(9-24(35)32-21)12-34(22(25)6-14)13-23-30-19-7-15-10-28(11-16(15)8-20(19)31-23)18-3-2-4-29-26(18)33-27(28)36/h2-8,12H,9-11,13H2,1H3,(H,30,31)(H,32,35)(H,29,33,36). The topological polar surface area (TPSA) is 105 Å². The lowest BCUT2D eigenvalue weighted by Crippen LogP contribution is -2.35. The zero-order valence-corrected chi connectivity index (χ0v) is 19.6. The van der Waals surface area contributed by atoms with Crippen LogP contribution in [0, 0.1) is 6.92 Å². The molecule has 1 unspecified atom stereocenters. The van der Waals surface area contributed by atoms with E-state index < -0.39 is 5.41 Å². The Bertz CT molecular complexity index is 1770. The molecule has 1 spiro atoms. The summed E-state index contributed by atoms with van der Waals surface area (Å²) in [7, 11) is 0. The first-order valence-electron chi connectivity index (χ1n) is 12.2. The van der Waals surface area contributed by atoms with E-state index in [9.17, 15) is 9.59 Å². The molecule has 5 heterocycles. The third kappa shape index (κ3) is 2.58. The van der Waals surface area contributed by atoms with E-state index in [1.807, 2.05) is 25.1 Å². The molecule has 3 N–H and O–H groups in total. The van der Waals surface area contributed by atoms with Gasteiger partial charge in [0.2, 0.25) is 11.8 Å². The van der Waals surface area contributed by atoms with Gasteiger partial charge in [-0.25, -0.2) is 9.97 Å². The van der Waals surface area contributed by atoms with Crippen molar-refractivity contribution in [1.82, 2.24) is 19.5 Å². The number of carbonyl (C=O) groups excluding carboxylic acids is 2. The SMILES string of the molecule is Cc1cc2c3c(cn(Cc4nc5cc6c(cc5[nH]4)CC4(C6)C(=O)Nc5ncccc54)c3c1)CC(=O)N2. The first kappa shape index (κ1) is 19.8. The molecule has 0 fully saturated rings. The third-order valence-electron chi connectivity index (χ3n) is 7.98. The molecule has 2 amide bonds. The maximum absolute atomic E-state index is 13.0. The predicted molar refractivity (Wildman–Crippen MR) is 136 cm³/mol. The van der Waals surface area contributed by atoms with Crippen LogP contribution in [-0.2, 0) is 40.8 Å². The molecule has 5 aromatic rings. The van der Waals surface area contributed by atoms with Gasteiger partial charge in [0.25, 0.3) is 0 Å². The molecule has 2 aromatic carbocycles. The second-order valence-corrected chi connectivity index (χ2v) is 10.3. The number of fused-ring (bicyclic) bond motifs is 4. The Morgan fingerprint density at radius 3 is 2.81 bits per heavy atom. The van der Waals surface area contributed by atoms with Gasteiger partial charge in [-0.05, 0) is 72.4 Å². The molecule has 0 radical (unpaired) electrons. The maximum Gasteiger partial charge on any atom is 0.237 e. The van der Waals surface area contributed by atoms with Crippen molar-refractivity contribution in [2.45, 2.75) is 38.1 Å². The van der Waals surface area contributed by atoms with Crippen molar-refractivity contribution in [2.24, 2.45) is 0 Å². The maximum atomic E-state index is 13.0. The molecule has 0 saturated carbocycles. The summed E-state index contributed by atoms with van der Waals surface area (Å²) in [6.07, 6.45) is 5.49. The highest BCUT2D eigenvalue weighted by Crippen LogP contribution is 2.47. The van der Waals surface area contributed by atoms with Crippen molar-refractivity contribution in [1.29, 1.82) is 0 Å². The number of benzene rings is 2. The largest absolute Gasteiger partial charge is 0.340 e. The fourth-order valence-electron chi connectivity index (χ4n) is 6.45. The van der Waals surface area contributed by atoms with Gasteiger partial charge in [0.15, 0.2) is 0 Å². The van der Waals surface area contributed by atoms with Gasteiger partial charge in [-0.3, -0.25) is 9.59 Å². The number of hydrogen-bond donors (Lipinski definition) is 3. The molecule has 8 nitrogen and oxygen atoms in total. The number of pyridine rings is 1. The van der Waals surface area contributed by atoms with E-state index in [0.29, 0.717) is 31.6 Å². The minimum Gasteiger partial charge on any atom is -0.340 e. The molecule has 2 aliphatic heterocycles. The van der Waals surface area contributed by atoms with E-state index in [-0.39, 0.29) is 11.8 Å². The number of imidazole rings is 1. The van der Waals surface area contributed by atoms with Crippen LogP contribution in [0.1, 0.15) is 33.6 Å². The highest BCUT2D eigenvalue weighted by atomic mass is 16.2. The van der Waals surface area contributed by atoms with Gasteiger partial charge in [-0.15, -0.1) is 0 Å². The van der Waals surface area contributed by atoms with Gasteiger partial charge in [-0.1, -0.05) is 6.07 Å². The van der Waals surface area contributed by atoms with E-state index in [1.54, 1.807) is 6.20 Å². The van der Waals surface area contributed by atoms with Gasteiger partial charge in [0.1, 0.15) is 11.6 Å². The third-order valence-corrected chi connectivity index (χ3v) is 7.98. The van der Waals surface area contributed by atoms with Gasteiger partial charge in [0.05, 0.1) is 40.6 Å². The second kappa shape index (κ2) is 6.60. The lowest BCUT2D eigenvalue weighted by atomic mass is 9.79. The van der Waals surface area contributed by atoms with Crippen molar-refractivity contribution in [2.75, 3.05) is 10.6 Å². The van der Waals surface area contributed by atoms with Crippen molar-refractivity contribution < 1.29 is 9.59 Å². The van der Waals surface area contributed by atoms with Crippen LogP contribution < -0.4 is 10.6 Å². The normalized spacial score (nSPS) is 17.0. The molecule has 1 atom stereocenters. The van der Waals surface area contributed by atoms with E-state index in [0.717, 1.165) is 55.7 Å². The number of anilines is 2. The van der Waals surface area contributed by atoms with Gasteiger partial charge in [0, 0.05) is 23.3 Å². The van der Waals surface area contributed by atoms with Crippen molar-refractivity contribution in [3.05, 3.63) is 82.4 Å². The van der Waals surface area contributed by atoms with Crippen molar-refractivity contribution >= 4 is 45.3 Å². The fraction of sp³-hybridized carbons (Fsp3) is 0.214. The van der Waals surface area contributed by atoms with Crippen LogP contribution in [0.3, 0.4) is 0 Å². The quantitative estimate of drug-likeness (QED) is 0.362. The summed E-state index contributed by atoms with van der Waals surface area (Å²) in [5.41, 5.74) is 8.76. The Hall–Kier alpha value is -4.46. The van der Waals surface area contributed by atoms with E-state index >= 15 is 0 Å². The van der Waals surface area contributed by atoms with Crippen LogP contribution in [0.5, 0.6) is 0 Å². The molecule has 8 rings (SSSR count). The van der Waals surface area contributed by atoms with E-state index in [4.69, 9.17) is 4.98 Å².